The fourth-order valence-corrected chi connectivity index (χ4v) is 4.96. The number of hydrogen-bond acceptors (Lipinski definition) is 7. The molecule has 3 rings (SSSR count). The van der Waals surface area contributed by atoms with Crippen LogP contribution in [0.5, 0.6) is 11.5 Å². The minimum Gasteiger partial charge on any atom is -0.490 e. The number of benzene rings is 2. The van der Waals surface area contributed by atoms with Gasteiger partial charge in [-0.1, -0.05) is 12.1 Å². The number of rotatable bonds is 9. The van der Waals surface area contributed by atoms with E-state index >= 15 is 0 Å². The molecule has 11 heteroatoms. The van der Waals surface area contributed by atoms with Gasteiger partial charge in [-0.25, -0.2) is 8.42 Å². The molecule has 0 spiro atoms. The minimum atomic E-state index is -3.89. The molecule has 1 fully saturated rings. The Hall–Kier alpha value is -3.44. The first-order valence-corrected chi connectivity index (χ1v) is 12.3. The maximum Gasteiger partial charge on any atom is 0.270 e. The van der Waals surface area contributed by atoms with Gasteiger partial charge in [0, 0.05) is 44.4 Å². The number of carbonyl (C=O) groups is 1. The molecular weight excluding hydrogens is 462 g/mol. The van der Waals surface area contributed by atoms with Crippen molar-refractivity contribution in [1.82, 2.24) is 9.21 Å². The number of nitro groups is 1. The molecule has 0 unspecified atom stereocenters. The largest absolute Gasteiger partial charge is 0.490 e. The maximum atomic E-state index is 12.9. The standard InChI is InChI=1S/C23H27N3O7S/c1-3-32-21-10-8-18(16-22(21)33-4-2)9-11-23(27)24-12-14-25(15-13-24)34(30,31)20-7-5-6-19(17-20)26(28)29/h5-11,16-17H,3-4,12-15H2,1-2H3/b11-9+. The summed E-state index contributed by atoms with van der Waals surface area (Å²) in [6.45, 7) is 5.38. The SMILES string of the molecule is CCOc1ccc(/C=C/C(=O)N2CCN(S(=O)(=O)c3cccc([N+](=O)[O-])c3)CC2)cc1OCC. The van der Waals surface area contributed by atoms with Crippen molar-refractivity contribution in [2.24, 2.45) is 0 Å². The van der Waals surface area contributed by atoms with Gasteiger partial charge in [0.2, 0.25) is 15.9 Å². The van der Waals surface area contributed by atoms with E-state index in [4.69, 9.17) is 9.47 Å². The third-order valence-corrected chi connectivity index (χ3v) is 7.10. The van der Waals surface area contributed by atoms with Crippen LogP contribution in [-0.4, -0.2) is 67.8 Å². The van der Waals surface area contributed by atoms with Gasteiger partial charge >= 0.3 is 0 Å². The van der Waals surface area contributed by atoms with E-state index in [1.165, 1.54) is 28.6 Å². The second-order valence-electron chi connectivity index (χ2n) is 7.39. The van der Waals surface area contributed by atoms with Gasteiger partial charge in [0.05, 0.1) is 23.0 Å². The normalized spacial score (nSPS) is 14.8. The van der Waals surface area contributed by atoms with E-state index < -0.39 is 14.9 Å². The molecule has 2 aromatic carbocycles. The van der Waals surface area contributed by atoms with Crippen molar-refractivity contribution in [3.8, 4) is 11.5 Å². The molecule has 0 atom stereocenters. The summed E-state index contributed by atoms with van der Waals surface area (Å²) in [6, 6.07) is 10.4. The highest BCUT2D eigenvalue weighted by molar-refractivity contribution is 7.89. The molecule has 0 aliphatic carbocycles. The zero-order valence-corrected chi connectivity index (χ0v) is 19.9. The number of nitro benzene ring substituents is 1. The van der Waals surface area contributed by atoms with E-state index in [0.29, 0.717) is 24.7 Å². The molecule has 0 radical (unpaired) electrons. The Morgan fingerprint density at radius 3 is 2.35 bits per heavy atom. The van der Waals surface area contributed by atoms with E-state index in [1.54, 1.807) is 23.1 Å². The van der Waals surface area contributed by atoms with Gasteiger partial charge < -0.3 is 14.4 Å². The van der Waals surface area contributed by atoms with Crippen molar-refractivity contribution < 1.29 is 27.6 Å². The first kappa shape index (κ1) is 25.2. The van der Waals surface area contributed by atoms with Crippen LogP contribution < -0.4 is 9.47 Å². The Bertz CT molecular complexity index is 1170. The van der Waals surface area contributed by atoms with Crippen molar-refractivity contribution >= 4 is 27.7 Å². The average Bonchev–Trinajstić information content (AvgIpc) is 2.84. The lowest BCUT2D eigenvalue weighted by Gasteiger charge is -2.33. The van der Waals surface area contributed by atoms with Crippen LogP contribution in [0.3, 0.4) is 0 Å². The van der Waals surface area contributed by atoms with Gasteiger partial charge in [-0.2, -0.15) is 4.31 Å². The highest BCUT2D eigenvalue weighted by Gasteiger charge is 2.30. The highest BCUT2D eigenvalue weighted by Crippen LogP contribution is 2.29. The first-order chi connectivity index (χ1) is 16.3. The minimum absolute atomic E-state index is 0.0994. The van der Waals surface area contributed by atoms with Crippen LogP contribution >= 0.6 is 0 Å². The number of nitrogens with zero attached hydrogens (tertiary/aromatic N) is 3. The first-order valence-electron chi connectivity index (χ1n) is 10.9. The quantitative estimate of drug-likeness (QED) is 0.302. The molecule has 0 aromatic heterocycles. The Balaban J connectivity index is 1.63. The number of piperazine rings is 1. The predicted octanol–water partition coefficient (Wildman–Crippen LogP) is 2.94. The van der Waals surface area contributed by atoms with Crippen LogP contribution in [-0.2, 0) is 14.8 Å². The number of non-ortho nitro benzene ring substituents is 1. The van der Waals surface area contributed by atoms with Crippen molar-refractivity contribution in [1.29, 1.82) is 0 Å². The molecule has 2 aromatic rings. The topological polar surface area (TPSA) is 119 Å². The third kappa shape index (κ3) is 5.91. The molecule has 34 heavy (non-hydrogen) atoms. The van der Waals surface area contributed by atoms with E-state index in [1.807, 2.05) is 19.9 Å². The number of carbonyl (C=O) groups excluding carboxylic acids is 1. The zero-order chi connectivity index (χ0) is 24.7. The Kier molecular flexibility index (Phi) is 8.24. The molecule has 1 amide bonds. The van der Waals surface area contributed by atoms with Crippen molar-refractivity contribution in [3.05, 3.63) is 64.2 Å². The molecule has 1 heterocycles. The zero-order valence-electron chi connectivity index (χ0n) is 19.0. The van der Waals surface area contributed by atoms with Gasteiger partial charge in [-0.15, -0.1) is 0 Å². The Morgan fingerprint density at radius 2 is 1.71 bits per heavy atom. The molecule has 10 nitrogen and oxygen atoms in total. The van der Waals surface area contributed by atoms with E-state index in [2.05, 4.69) is 0 Å². The molecule has 0 bridgehead atoms. The number of hydrogen-bond donors (Lipinski definition) is 0. The molecule has 1 aliphatic rings. The average molecular weight is 490 g/mol. The Labute approximate surface area is 198 Å². The smallest absolute Gasteiger partial charge is 0.270 e. The molecule has 0 N–H and O–H groups in total. The summed E-state index contributed by atoms with van der Waals surface area (Å²) in [5.41, 5.74) is 0.481. The lowest BCUT2D eigenvalue weighted by atomic mass is 10.2. The summed E-state index contributed by atoms with van der Waals surface area (Å²) in [5, 5.41) is 11.0. The second-order valence-corrected chi connectivity index (χ2v) is 9.33. The Morgan fingerprint density at radius 1 is 1.03 bits per heavy atom. The predicted molar refractivity (Wildman–Crippen MR) is 126 cm³/mol. The summed E-state index contributed by atoms with van der Waals surface area (Å²) in [4.78, 5) is 24.4. The van der Waals surface area contributed by atoms with Gasteiger partial charge in [-0.3, -0.25) is 14.9 Å². The van der Waals surface area contributed by atoms with Crippen LogP contribution in [0.25, 0.3) is 6.08 Å². The van der Waals surface area contributed by atoms with Gasteiger partial charge in [0.25, 0.3) is 5.69 Å². The number of sulfonamides is 1. The summed E-state index contributed by atoms with van der Waals surface area (Å²) in [5.74, 6) is 0.993. The van der Waals surface area contributed by atoms with Crippen LogP contribution in [0.2, 0.25) is 0 Å². The summed E-state index contributed by atoms with van der Waals surface area (Å²) in [7, 11) is -3.89. The molecule has 1 saturated heterocycles. The molecular formula is C23H27N3O7S. The van der Waals surface area contributed by atoms with Crippen molar-refractivity contribution in [3.63, 3.8) is 0 Å². The second kappa shape index (κ2) is 11.1. The van der Waals surface area contributed by atoms with Crippen molar-refractivity contribution in [2.75, 3.05) is 39.4 Å². The third-order valence-electron chi connectivity index (χ3n) is 5.20. The van der Waals surface area contributed by atoms with Gasteiger partial charge in [-0.05, 0) is 43.7 Å². The lowest BCUT2D eigenvalue weighted by molar-refractivity contribution is -0.385. The van der Waals surface area contributed by atoms with Crippen LogP contribution in [0, 0.1) is 10.1 Å². The van der Waals surface area contributed by atoms with Crippen LogP contribution in [0.4, 0.5) is 5.69 Å². The lowest BCUT2D eigenvalue weighted by Crippen LogP contribution is -2.50. The molecule has 0 saturated carbocycles. The van der Waals surface area contributed by atoms with Gasteiger partial charge in [0.15, 0.2) is 11.5 Å². The number of ether oxygens (including phenoxy) is 2. The number of amides is 1. The summed E-state index contributed by atoms with van der Waals surface area (Å²) in [6.07, 6.45) is 3.11. The fraction of sp³-hybridized carbons (Fsp3) is 0.348. The van der Waals surface area contributed by atoms with Crippen LogP contribution in [0.1, 0.15) is 19.4 Å². The summed E-state index contributed by atoms with van der Waals surface area (Å²) >= 11 is 0. The summed E-state index contributed by atoms with van der Waals surface area (Å²) < 4.78 is 38.1. The van der Waals surface area contributed by atoms with Crippen molar-refractivity contribution in [2.45, 2.75) is 18.7 Å². The molecule has 182 valence electrons. The maximum absolute atomic E-state index is 12.9. The van der Waals surface area contributed by atoms with Gasteiger partial charge in [0.1, 0.15) is 0 Å². The van der Waals surface area contributed by atoms with Crippen LogP contribution in [0.15, 0.2) is 53.4 Å². The monoisotopic (exact) mass is 489 g/mol. The van der Waals surface area contributed by atoms with E-state index in [0.717, 1.165) is 11.6 Å². The van der Waals surface area contributed by atoms with E-state index in [-0.39, 0.29) is 42.7 Å². The fourth-order valence-electron chi connectivity index (χ4n) is 3.50. The highest BCUT2D eigenvalue weighted by atomic mass is 32.2. The molecule has 1 aliphatic heterocycles. The van der Waals surface area contributed by atoms with E-state index in [9.17, 15) is 23.3 Å².